The third-order valence-corrected chi connectivity index (χ3v) is 7.42. The van der Waals surface area contributed by atoms with Gasteiger partial charge in [-0.15, -0.1) is 0 Å². The molecular formula is C21H26N4O2S. The predicted octanol–water partition coefficient (Wildman–Crippen LogP) is 3.75. The van der Waals surface area contributed by atoms with Crippen molar-refractivity contribution in [3.63, 3.8) is 0 Å². The Bertz CT molecular complexity index is 1070. The number of hydrogen-bond donors (Lipinski definition) is 0. The lowest BCUT2D eigenvalue weighted by atomic mass is 9.87. The van der Waals surface area contributed by atoms with E-state index in [1.165, 1.54) is 0 Å². The second-order valence-electron chi connectivity index (χ2n) is 8.41. The lowest BCUT2D eigenvalue weighted by molar-refractivity contribution is 0.276. The van der Waals surface area contributed by atoms with E-state index in [0.29, 0.717) is 18.0 Å². The van der Waals surface area contributed by atoms with Crippen molar-refractivity contribution in [2.45, 2.75) is 50.0 Å². The molecule has 6 nitrogen and oxygen atoms in total. The van der Waals surface area contributed by atoms with Gasteiger partial charge in [-0.1, -0.05) is 32.9 Å². The van der Waals surface area contributed by atoms with Crippen LogP contribution in [-0.2, 0) is 15.4 Å². The molecule has 0 amide bonds. The van der Waals surface area contributed by atoms with Crippen LogP contribution in [0.15, 0.2) is 53.8 Å². The Labute approximate surface area is 166 Å². The van der Waals surface area contributed by atoms with Crippen molar-refractivity contribution in [1.82, 2.24) is 18.8 Å². The maximum atomic E-state index is 13.0. The molecule has 1 saturated heterocycles. The zero-order chi connectivity index (χ0) is 19.9. The predicted molar refractivity (Wildman–Crippen MR) is 110 cm³/mol. The van der Waals surface area contributed by atoms with Crippen molar-refractivity contribution in [3.05, 3.63) is 54.5 Å². The molecule has 28 heavy (non-hydrogen) atoms. The Kier molecular flexibility index (Phi) is 4.75. The summed E-state index contributed by atoms with van der Waals surface area (Å²) in [6, 6.07) is 11.3. The quantitative estimate of drug-likeness (QED) is 0.674. The van der Waals surface area contributed by atoms with E-state index in [2.05, 4.69) is 35.3 Å². The maximum absolute atomic E-state index is 13.0. The number of aromatic nitrogens is 3. The molecule has 0 atom stereocenters. The van der Waals surface area contributed by atoms with Gasteiger partial charge in [-0.05, 0) is 48.1 Å². The molecule has 148 valence electrons. The molecule has 0 saturated carbocycles. The van der Waals surface area contributed by atoms with Gasteiger partial charge in [0, 0.05) is 25.3 Å². The van der Waals surface area contributed by atoms with Crippen LogP contribution in [0.1, 0.15) is 45.2 Å². The lowest BCUT2D eigenvalue weighted by Crippen LogP contribution is -2.39. The molecule has 0 N–H and O–H groups in total. The van der Waals surface area contributed by atoms with E-state index < -0.39 is 10.0 Å². The molecule has 1 aliphatic heterocycles. The first kappa shape index (κ1) is 19.1. The minimum atomic E-state index is -3.47. The Morgan fingerprint density at radius 1 is 1.00 bits per heavy atom. The molecule has 0 bridgehead atoms. The van der Waals surface area contributed by atoms with Crippen LogP contribution in [0.25, 0.3) is 11.2 Å². The Balaban J connectivity index is 1.49. The molecule has 1 aliphatic rings. The van der Waals surface area contributed by atoms with Gasteiger partial charge in [0.15, 0.2) is 5.65 Å². The van der Waals surface area contributed by atoms with Crippen molar-refractivity contribution in [2.75, 3.05) is 13.1 Å². The number of benzene rings is 1. The highest BCUT2D eigenvalue weighted by atomic mass is 32.2. The van der Waals surface area contributed by atoms with E-state index in [9.17, 15) is 8.42 Å². The minimum absolute atomic E-state index is 0.00223. The number of hydrogen-bond acceptors (Lipinski definition) is 4. The van der Waals surface area contributed by atoms with Crippen LogP contribution >= 0.6 is 0 Å². The first-order valence-electron chi connectivity index (χ1n) is 9.65. The van der Waals surface area contributed by atoms with Gasteiger partial charge < -0.3 is 4.57 Å². The third-order valence-electron chi connectivity index (χ3n) is 5.51. The van der Waals surface area contributed by atoms with E-state index in [0.717, 1.165) is 29.6 Å². The number of fused-ring (bicyclic) bond motifs is 1. The molecule has 0 radical (unpaired) electrons. The van der Waals surface area contributed by atoms with Crippen LogP contribution in [0.2, 0.25) is 0 Å². The number of nitrogens with zero attached hydrogens (tertiary/aromatic N) is 4. The molecule has 0 spiro atoms. The van der Waals surface area contributed by atoms with Gasteiger partial charge in [-0.25, -0.2) is 18.4 Å². The van der Waals surface area contributed by atoms with Crippen molar-refractivity contribution in [2.24, 2.45) is 0 Å². The van der Waals surface area contributed by atoms with Crippen molar-refractivity contribution in [1.29, 1.82) is 0 Å². The number of rotatable bonds is 3. The monoisotopic (exact) mass is 398 g/mol. The molecular weight excluding hydrogens is 372 g/mol. The summed E-state index contributed by atoms with van der Waals surface area (Å²) in [6.07, 6.45) is 5.09. The van der Waals surface area contributed by atoms with Crippen LogP contribution in [0.3, 0.4) is 0 Å². The van der Waals surface area contributed by atoms with Gasteiger partial charge in [0.05, 0.1) is 11.2 Å². The summed E-state index contributed by atoms with van der Waals surface area (Å²) < 4.78 is 29.8. The fraction of sp³-hybridized carbons (Fsp3) is 0.429. The lowest BCUT2D eigenvalue weighted by Gasteiger charge is -2.32. The summed E-state index contributed by atoms with van der Waals surface area (Å²) in [4.78, 5) is 9.20. The van der Waals surface area contributed by atoms with Gasteiger partial charge in [0.1, 0.15) is 5.52 Å². The van der Waals surface area contributed by atoms with E-state index in [-0.39, 0.29) is 11.5 Å². The normalized spacial score (nSPS) is 17.2. The van der Waals surface area contributed by atoms with Gasteiger partial charge in [0.25, 0.3) is 0 Å². The second-order valence-corrected chi connectivity index (χ2v) is 10.3. The van der Waals surface area contributed by atoms with Crippen molar-refractivity contribution >= 4 is 21.2 Å². The van der Waals surface area contributed by atoms with Crippen LogP contribution in [0, 0.1) is 0 Å². The fourth-order valence-electron chi connectivity index (χ4n) is 3.77. The highest BCUT2D eigenvalue weighted by Gasteiger charge is 2.30. The molecule has 2 aromatic heterocycles. The topological polar surface area (TPSA) is 68.1 Å². The van der Waals surface area contributed by atoms with Gasteiger partial charge in [0.2, 0.25) is 10.0 Å². The minimum Gasteiger partial charge on any atom is -0.312 e. The Hall–Kier alpha value is -2.25. The van der Waals surface area contributed by atoms with E-state index >= 15 is 0 Å². The summed E-state index contributed by atoms with van der Waals surface area (Å²) in [5.41, 5.74) is 2.87. The van der Waals surface area contributed by atoms with Crippen LogP contribution in [0.4, 0.5) is 0 Å². The maximum Gasteiger partial charge on any atom is 0.243 e. The molecule has 3 heterocycles. The van der Waals surface area contributed by atoms with Crippen molar-refractivity contribution in [3.8, 4) is 0 Å². The molecule has 4 rings (SSSR count). The highest BCUT2D eigenvalue weighted by molar-refractivity contribution is 7.89. The Morgan fingerprint density at radius 2 is 1.68 bits per heavy atom. The third kappa shape index (κ3) is 3.44. The fourth-order valence-corrected chi connectivity index (χ4v) is 5.24. The highest BCUT2D eigenvalue weighted by Crippen LogP contribution is 2.30. The number of sulfonamides is 1. The summed E-state index contributed by atoms with van der Waals surface area (Å²) in [6.45, 7) is 7.36. The molecule has 3 aromatic rings. The van der Waals surface area contributed by atoms with E-state index in [1.807, 2.05) is 30.6 Å². The van der Waals surface area contributed by atoms with E-state index in [4.69, 9.17) is 0 Å². The molecule has 1 fully saturated rings. The molecule has 1 aromatic carbocycles. The SMILES string of the molecule is CC(C)(C)c1ccc(S(=O)(=O)N2CCC(n3cnc4cccnc43)CC2)cc1. The van der Waals surface area contributed by atoms with Gasteiger partial charge >= 0.3 is 0 Å². The summed E-state index contributed by atoms with van der Waals surface area (Å²) in [5.74, 6) is 0. The number of pyridine rings is 1. The second kappa shape index (κ2) is 6.97. The summed E-state index contributed by atoms with van der Waals surface area (Å²) in [7, 11) is -3.47. The average Bonchev–Trinajstić information content (AvgIpc) is 3.12. The standard InChI is InChI=1S/C21H26N4O2S/c1-21(2,3)16-6-8-18(9-7-16)28(26,27)24-13-10-17(11-14-24)25-15-23-19-5-4-12-22-20(19)25/h4-9,12,15,17H,10-11,13-14H2,1-3H3. The zero-order valence-corrected chi connectivity index (χ0v) is 17.4. The summed E-state index contributed by atoms with van der Waals surface area (Å²) in [5, 5.41) is 0. The number of piperidine rings is 1. The zero-order valence-electron chi connectivity index (χ0n) is 16.5. The van der Waals surface area contributed by atoms with Crippen LogP contribution in [-0.4, -0.2) is 40.3 Å². The van der Waals surface area contributed by atoms with Crippen LogP contribution < -0.4 is 0 Å². The smallest absolute Gasteiger partial charge is 0.243 e. The van der Waals surface area contributed by atoms with Gasteiger partial charge in [-0.3, -0.25) is 0 Å². The summed E-state index contributed by atoms with van der Waals surface area (Å²) >= 11 is 0. The largest absolute Gasteiger partial charge is 0.312 e. The van der Waals surface area contributed by atoms with Crippen LogP contribution in [0.5, 0.6) is 0 Å². The number of imidazole rings is 1. The van der Waals surface area contributed by atoms with Crippen molar-refractivity contribution < 1.29 is 8.42 Å². The molecule has 7 heteroatoms. The molecule has 0 unspecified atom stereocenters. The first-order chi connectivity index (χ1) is 13.3. The van der Waals surface area contributed by atoms with Gasteiger partial charge in [-0.2, -0.15) is 4.31 Å². The molecule has 0 aliphatic carbocycles. The van der Waals surface area contributed by atoms with E-state index in [1.54, 1.807) is 22.6 Å². The Morgan fingerprint density at radius 3 is 2.32 bits per heavy atom. The average molecular weight is 399 g/mol. The first-order valence-corrected chi connectivity index (χ1v) is 11.1.